The van der Waals surface area contributed by atoms with E-state index in [1.807, 2.05) is 0 Å². The van der Waals surface area contributed by atoms with Crippen LogP contribution < -0.4 is 0 Å². The molecule has 76 valence electrons. The van der Waals surface area contributed by atoms with E-state index in [0.29, 0.717) is 12.5 Å². The molecule has 2 aliphatic rings. The Morgan fingerprint density at radius 2 is 2.23 bits per heavy atom. The fraction of sp³-hybridized carbons (Fsp3) is 1.00. The SMILES string of the molecule is OCCN1C[C@@H]2CCC[C@]2(CO)C1. The number of hydrogen-bond acceptors (Lipinski definition) is 3. The van der Waals surface area contributed by atoms with Gasteiger partial charge in [0.2, 0.25) is 0 Å². The van der Waals surface area contributed by atoms with E-state index < -0.39 is 0 Å². The standard InChI is InChI=1S/C10H19NO2/c12-5-4-11-6-9-2-1-3-10(9,7-11)8-13/h9,12-13H,1-8H2/t9-,10+/m0/s1. The number of aliphatic hydroxyl groups excluding tert-OH is 2. The minimum absolute atomic E-state index is 0.190. The highest BCUT2D eigenvalue weighted by Crippen LogP contribution is 2.47. The van der Waals surface area contributed by atoms with Crippen LogP contribution in [0.25, 0.3) is 0 Å². The lowest BCUT2D eigenvalue weighted by atomic mass is 9.82. The second-order valence-electron chi connectivity index (χ2n) is 4.57. The van der Waals surface area contributed by atoms with E-state index in [1.165, 1.54) is 19.3 Å². The third kappa shape index (κ3) is 1.49. The first-order chi connectivity index (χ1) is 6.30. The Morgan fingerprint density at radius 3 is 2.85 bits per heavy atom. The Labute approximate surface area is 79.4 Å². The van der Waals surface area contributed by atoms with Gasteiger partial charge in [-0.2, -0.15) is 0 Å². The Morgan fingerprint density at radius 1 is 1.38 bits per heavy atom. The van der Waals surface area contributed by atoms with E-state index in [2.05, 4.69) is 4.90 Å². The number of β-amino-alcohol motifs (C(OH)–C–C–N with tert-alkyl or cyclic N) is 1. The lowest BCUT2D eigenvalue weighted by molar-refractivity contribution is 0.109. The summed E-state index contributed by atoms with van der Waals surface area (Å²) in [6.45, 7) is 3.43. The van der Waals surface area contributed by atoms with E-state index >= 15 is 0 Å². The molecule has 0 spiro atoms. The van der Waals surface area contributed by atoms with Crippen molar-refractivity contribution in [3.8, 4) is 0 Å². The van der Waals surface area contributed by atoms with Crippen LogP contribution in [-0.4, -0.2) is 48.0 Å². The van der Waals surface area contributed by atoms with Crippen molar-refractivity contribution in [3.05, 3.63) is 0 Å². The highest BCUT2D eigenvalue weighted by Gasteiger charge is 2.48. The van der Waals surface area contributed by atoms with Crippen molar-refractivity contribution in [1.82, 2.24) is 4.90 Å². The van der Waals surface area contributed by atoms with Gasteiger partial charge in [0.05, 0.1) is 13.2 Å². The molecule has 1 aliphatic heterocycles. The van der Waals surface area contributed by atoms with Crippen LogP contribution in [0.2, 0.25) is 0 Å². The summed E-state index contributed by atoms with van der Waals surface area (Å²) >= 11 is 0. The maximum atomic E-state index is 9.42. The molecule has 1 saturated heterocycles. The summed E-state index contributed by atoms with van der Waals surface area (Å²) in [6, 6.07) is 0. The van der Waals surface area contributed by atoms with E-state index in [4.69, 9.17) is 5.11 Å². The Balaban J connectivity index is 2.00. The number of rotatable bonds is 3. The molecule has 0 aromatic carbocycles. The quantitative estimate of drug-likeness (QED) is 0.654. The summed E-state index contributed by atoms with van der Waals surface area (Å²) in [5.74, 6) is 0.684. The molecule has 1 heterocycles. The zero-order valence-electron chi connectivity index (χ0n) is 8.08. The lowest BCUT2D eigenvalue weighted by Crippen LogP contribution is -2.31. The molecule has 13 heavy (non-hydrogen) atoms. The molecule has 0 unspecified atom stereocenters. The van der Waals surface area contributed by atoms with Crippen LogP contribution in [-0.2, 0) is 0 Å². The van der Waals surface area contributed by atoms with Gasteiger partial charge in [-0.3, -0.25) is 0 Å². The van der Waals surface area contributed by atoms with Crippen LogP contribution >= 0.6 is 0 Å². The lowest BCUT2D eigenvalue weighted by Gasteiger charge is -2.25. The molecule has 0 aromatic rings. The van der Waals surface area contributed by atoms with Crippen molar-refractivity contribution in [2.75, 3.05) is 32.8 Å². The minimum atomic E-state index is 0.190. The Kier molecular flexibility index (Phi) is 2.58. The molecular formula is C10H19NO2. The number of fused-ring (bicyclic) bond motifs is 1. The molecule has 2 rings (SSSR count). The van der Waals surface area contributed by atoms with Crippen molar-refractivity contribution in [1.29, 1.82) is 0 Å². The molecule has 0 radical (unpaired) electrons. The van der Waals surface area contributed by atoms with Gasteiger partial charge >= 0.3 is 0 Å². The second-order valence-corrected chi connectivity index (χ2v) is 4.57. The Hall–Kier alpha value is -0.120. The third-order valence-corrected chi connectivity index (χ3v) is 3.84. The van der Waals surface area contributed by atoms with Crippen LogP contribution in [0.1, 0.15) is 19.3 Å². The van der Waals surface area contributed by atoms with Gasteiger partial charge in [-0.1, -0.05) is 6.42 Å². The number of aliphatic hydroxyl groups is 2. The summed E-state index contributed by atoms with van der Waals surface area (Å²) < 4.78 is 0. The first-order valence-corrected chi connectivity index (χ1v) is 5.25. The summed E-state index contributed by atoms with van der Waals surface area (Å²) in [6.07, 6.45) is 3.72. The van der Waals surface area contributed by atoms with Crippen LogP contribution in [0.4, 0.5) is 0 Å². The fourth-order valence-electron chi connectivity index (χ4n) is 3.10. The largest absolute Gasteiger partial charge is 0.396 e. The zero-order valence-corrected chi connectivity index (χ0v) is 8.08. The summed E-state index contributed by atoms with van der Waals surface area (Å²) in [4.78, 5) is 2.29. The minimum Gasteiger partial charge on any atom is -0.396 e. The highest BCUT2D eigenvalue weighted by atomic mass is 16.3. The molecule has 2 N–H and O–H groups in total. The topological polar surface area (TPSA) is 43.7 Å². The van der Waals surface area contributed by atoms with Gasteiger partial charge in [0, 0.05) is 25.0 Å². The van der Waals surface area contributed by atoms with Crippen molar-refractivity contribution >= 4 is 0 Å². The second kappa shape index (κ2) is 3.56. The number of likely N-dealkylation sites (tertiary alicyclic amines) is 1. The molecular weight excluding hydrogens is 166 g/mol. The van der Waals surface area contributed by atoms with E-state index in [-0.39, 0.29) is 12.0 Å². The number of nitrogens with zero attached hydrogens (tertiary/aromatic N) is 1. The van der Waals surface area contributed by atoms with Crippen LogP contribution in [0.5, 0.6) is 0 Å². The summed E-state index contributed by atoms with van der Waals surface area (Å²) in [5, 5.41) is 18.3. The molecule has 0 bridgehead atoms. The summed E-state index contributed by atoms with van der Waals surface area (Å²) in [7, 11) is 0. The molecule has 2 atom stereocenters. The molecule has 3 heteroatoms. The van der Waals surface area contributed by atoms with E-state index in [0.717, 1.165) is 19.6 Å². The molecule has 2 fully saturated rings. The molecule has 0 amide bonds. The van der Waals surface area contributed by atoms with Crippen LogP contribution in [0, 0.1) is 11.3 Å². The third-order valence-electron chi connectivity index (χ3n) is 3.84. The molecule has 3 nitrogen and oxygen atoms in total. The molecule has 0 aromatic heterocycles. The average molecular weight is 185 g/mol. The monoisotopic (exact) mass is 185 g/mol. The zero-order chi connectivity index (χ0) is 9.31. The highest BCUT2D eigenvalue weighted by molar-refractivity contribution is 5.00. The van der Waals surface area contributed by atoms with Gasteiger partial charge in [-0.05, 0) is 18.8 Å². The predicted molar refractivity (Wildman–Crippen MR) is 50.4 cm³/mol. The van der Waals surface area contributed by atoms with Gasteiger partial charge in [-0.15, -0.1) is 0 Å². The average Bonchev–Trinajstić information content (AvgIpc) is 2.61. The van der Waals surface area contributed by atoms with Crippen molar-refractivity contribution < 1.29 is 10.2 Å². The van der Waals surface area contributed by atoms with Crippen molar-refractivity contribution in [3.63, 3.8) is 0 Å². The predicted octanol–water partition coefficient (Wildman–Crippen LogP) is 0.0731. The van der Waals surface area contributed by atoms with Gasteiger partial charge in [0.25, 0.3) is 0 Å². The van der Waals surface area contributed by atoms with Gasteiger partial charge in [0.15, 0.2) is 0 Å². The first-order valence-electron chi connectivity index (χ1n) is 5.25. The fourth-order valence-corrected chi connectivity index (χ4v) is 3.10. The molecule has 1 aliphatic carbocycles. The number of hydrogen-bond donors (Lipinski definition) is 2. The van der Waals surface area contributed by atoms with E-state index in [9.17, 15) is 5.11 Å². The molecule has 1 saturated carbocycles. The summed E-state index contributed by atoms with van der Waals surface area (Å²) in [5.41, 5.74) is 0.190. The normalized spacial score (nSPS) is 39.7. The maximum absolute atomic E-state index is 9.42. The smallest absolute Gasteiger partial charge is 0.0558 e. The van der Waals surface area contributed by atoms with Crippen molar-refractivity contribution in [2.24, 2.45) is 11.3 Å². The van der Waals surface area contributed by atoms with Gasteiger partial charge in [0.1, 0.15) is 0 Å². The maximum Gasteiger partial charge on any atom is 0.0558 e. The van der Waals surface area contributed by atoms with Gasteiger partial charge in [-0.25, -0.2) is 0 Å². The van der Waals surface area contributed by atoms with Crippen LogP contribution in [0.3, 0.4) is 0 Å². The van der Waals surface area contributed by atoms with Crippen LogP contribution in [0.15, 0.2) is 0 Å². The van der Waals surface area contributed by atoms with E-state index in [1.54, 1.807) is 0 Å². The Bertz CT molecular complexity index is 186. The first kappa shape index (κ1) is 9.44. The van der Waals surface area contributed by atoms with Gasteiger partial charge < -0.3 is 15.1 Å². The van der Waals surface area contributed by atoms with Crippen molar-refractivity contribution in [2.45, 2.75) is 19.3 Å².